The Morgan fingerprint density at radius 3 is 2.61 bits per heavy atom. The van der Waals surface area contributed by atoms with E-state index in [1.807, 2.05) is 6.20 Å². The van der Waals surface area contributed by atoms with Crippen molar-refractivity contribution in [3.05, 3.63) is 47.7 Å². The quantitative estimate of drug-likeness (QED) is 0.689. The molecule has 0 atom stereocenters. The lowest BCUT2D eigenvalue weighted by molar-refractivity contribution is 0.823. The molecule has 0 aliphatic carbocycles. The van der Waals surface area contributed by atoms with Crippen LogP contribution >= 0.6 is 0 Å². The largest absolute Gasteiger partial charge is 0.200 e. The summed E-state index contributed by atoms with van der Waals surface area (Å²) in [5.74, 6) is 0. The number of aryl methyl sites for hydroxylation is 2. The third-order valence-corrected chi connectivity index (χ3v) is 3.14. The molecule has 18 heavy (non-hydrogen) atoms. The number of hydrogen-bond acceptors (Lipinski definition) is 3. The van der Waals surface area contributed by atoms with Gasteiger partial charge in [-0.1, -0.05) is 36.8 Å². The molecule has 4 nitrogen and oxygen atoms in total. The molecule has 0 fully saturated rings. The van der Waals surface area contributed by atoms with Crippen molar-refractivity contribution in [1.82, 2.24) is 20.0 Å². The second kappa shape index (κ2) is 4.22. The summed E-state index contributed by atoms with van der Waals surface area (Å²) in [6, 6.07) is 10.6. The molecule has 2 heterocycles. The van der Waals surface area contributed by atoms with Crippen LogP contribution in [-0.2, 0) is 6.42 Å². The number of pyridine rings is 1. The van der Waals surface area contributed by atoms with Gasteiger partial charge in [-0.2, -0.15) is 4.52 Å². The zero-order chi connectivity index (χ0) is 12.5. The number of rotatable bonds is 2. The molecule has 90 valence electrons. The van der Waals surface area contributed by atoms with Gasteiger partial charge in [0.05, 0.1) is 0 Å². The number of fused-ring (bicyclic) bond motifs is 1. The Bertz CT molecular complexity index is 683. The van der Waals surface area contributed by atoms with Crippen molar-refractivity contribution in [2.45, 2.75) is 20.3 Å². The van der Waals surface area contributed by atoms with Crippen LogP contribution in [0.4, 0.5) is 0 Å². The topological polar surface area (TPSA) is 43.1 Å². The Labute approximate surface area is 105 Å². The van der Waals surface area contributed by atoms with Gasteiger partial charge in [0.1, 0.15) is 0 Å². The Morgan fingerprint density at radius 1 is 1.11 bits per heavy atom. The molecule has 0 N–H and O–H groups in total. The van der Waals surface area contributed by atoms with Crippen molar-refractivity contribution >= 4 is 5.65 Å². The summed E-state index contributed by atoms with van der Waals surface area (Å²) >= 11 is 0. The average Bonchev–Trinajstić information content (AvgIpc) is 2.86. The minimum Gasteiger partial charge on any atom is -0.200 e. The summed E-state index contributed by atoms with van der Waals surface area (Å²) in [5, 5.41) is 11.7. The van der Waals surface area contributed by atoms with Crippen LogP contribution in [0.25, 0.3) is 16.8 Å². The molecule has 2 aromatic heterocycles. The van der Waals surface area contributed by atoms with Gasteiger partial charge in [-0.3, -0.25) is 0 Å². The molecule has 0 radical (unpaired) electrons. The third-order valence-electron chi connectivity index (χ3n) is 3.14. The molecule has 1 aromatic carbocycles. The fourth-order valence-electron chi connectivity index (χ4n) is 2.08. The lowest BCUT2D eigenvalue weighted by Gasteiger charge is -2.06. The number of tetrazole rings is 1. The van der Waals surface area contributed by atoms with E-state index < -0.39 is 0 Å². The number of aromatic nitrogens is 4. The van der Waals surface area contributed by atoms with Gasteiger partial charge in [0.15, 0.2) is 5.65 Å². The highest BCUT2D eigenvalue weighted by atomic mass is 15.5. The second-order valence-electron chi connectivity index (χ2n) is 4.42. The van der Waals surface area contributed by atoms with Gasteiger partial charge in [0.25, 0.3) is 0 Å². The zero-order valence-corrected chi connectivity index (χ0v) is 10.5. The molecule has 3 rings (SSSR count). The van der Waals surface area contributed by atoms with Crippen molar-refractivity contribution < 1.29 is 0 Å². The van der Waals surface area contributed by atoms with E-state index in [0.29, 0.717) is 0 Å². The second-order valence-corrected chi connectivity index (χ2v) is 4.42. The van der Waals surface area contributed by atoms with Crippen molar-refractivity contribution in [1.29, 1.82) is 0 Å². The molecule has 4 heteroatoms. The van der Waals surface area contributed by atoms with Gasteiger partial charge >= 0.3 is 0 Å². The van der Waals surface area contributed by atoms with Gasteiger partial charge in [0.2, 0.25) is 0 Å². The van der Waals surface area contributed by atoms with Crippen LogP contribution in [0.3, 0.4) is 0 Å². The Hall–Kier alpha value is -2.23. The smallest absolute Gasteiger partial charge is 0.182 e. The van der Waals surface area contributed by atoms with Crippen LogP contribution in [0.5, 0.6) is 0 Å². The highest BCUT2D eigenvalue weighted by Crippen LogP contribution is 2.22. The van der Waals surface area contributed by atoms with E-state index in [4.69, 9.17) is 0 Å². The predicted octanol–water partition coefficient (Wildman–Crippen LogP) is 2.66. The summed E-state index contributed by atoms with van der Waals surface area (Å²) in [6.07, 6.45) is 2.89. The minimum atomic E-state index is 0.841. The first-order valence-electron chi connectivity index (χ1n) is 6.05. The predicted molar refractivity (Wildman–Crippen MR) is 70.3 cm³/mol. The standard InChI is InChI=1S/C14H14N4/c1-3-11-8-13(9-18-14(11)15-16-17-18)12-6-4-10(2)5-7-12/h4-9H,3H2,1-2H3. The normalized spacial score (nSPS) is 11.0. The number of benzene rings is 1. The van der Waals surface area contributed by atoms with Crippen LogP contribution in [0.1, 0.15) is 18.1 Å². The molecule has 0 saturated heterocycles. The molecule has 0 unspecified atom stereocenters. The lowest BCUT2D eigenvalue weighted by atomic mass is 10.0. The van der Waals surface area contributed by atoms with Gasteiger partial charge in [-0.05, 0) is 41.0 Å². The molecule has 3 aromatic rings. The van der Waals surface area contributed by atoms with E-state index in [1.165, 1.54) is 11.1 Å². The van der Waals surface area contributed by atoms with Crippen molar-refractivity contribution in [2.75, 3.05) is 0 Å². The minimum absolute atomic E-state index is 0.841. The number of nitrogens with zero attached hydrogens (tertiary/aromatic N) is 4. The SMILES string of the molecule is CCc1cc(-c2ccc(C)cc2)cn2nnnc12. The van der Waals surface area contributed by atoms with Crippen LogP contribution in [0, 0.1) is 6.92 Å². The summed E-state index contributed by atoms with van der Waals surface area (Å²) < 4.78 is 1.74. The fraction of sp³-hybridized carbons (Fsp3) is 0.214. The summed E-state index contributed by atoms with van der Waals surface area (Å²) in [5.41, 5.74) is 5.60. The molecular weight excluding hydrogens is 224 g/mol. The van der Waals surface area contributed by atoms with E-state index in [1.54, 1.807) is 4.52 Å². The molecule has 0 amide bonds. The summed E-state index contributed by atoms with van der Waals surface area (Å²) in [4.78, 5) is 0. The Morgan fingerprint density at radius 2 is 1.89 bits per heavy atom. The van der Waals surface area contributed by atoms with Crippen LogP contribution in [0.15, 0.2) is 36.5 Å². The molecule has 0 bridgehead atoms. The van der Waals surface area contributed by atoms with E-state index in [-0.39, 0.29) is 0 Å². The third kappa shape index (κ3) is 1.76. The lowest BCUT2D eigenvalue weighted by Crippen LogP contribution is -1.94. The molecule has 0 saturated carbocycles. The van der Waals surface area contributed by atoms with Gasteiger partial charge in [-0.15, -0.1) is 5.10 Å². The first kappa shape index (κ1) is 10.9. The van der Waals surface area contributed by atoms with Crippen LogP contribution in [-0.4, -0.2) is 20.0 Å². The van der Waals surface area contributed by atoms with E-state index in [2.05, 4.69) is 59.7 Å². The maximum atomic E-state index is 4.04. The van der Waals surface area contributed by atoms with Gasteiger partial charge in [-0.25, -0.2) is 0 Å². The van der Waals surface area contributed by atoms with E-state index in [0.717, 1.165) is 23.2 Å². The monoisotopic (exact) mass is 238 g/mol. The Kier molecular flexibility index (Phi) is 2.55. The molecular formula is C14H14N4. The fourth-order valence-corrected chi connectivity index (χ4v) is 2.08. The van der Waals surface area contributed by atoms with Crippen LogP contribution < -0.4 is 0 Å². The van der Waals surface area contributed by atoms with E-state index in [9.17, 15) is 0 Å². The van der Waals surface area contributed by atoms with Gasteiger partial charge < -0.3 is 0 Å². The van der Waals surface area contributed by atoms with Crippen molar-refractivity contribution in [3.63, 3.8) is 0 Å². The average molecular weight is 238 g/mol. The first-order valence-corrected chi connectivity index (χ1v) is 6.05. The maximum absolute atomic E-state index is 4.04. The van der Waals surface area contributed by atoms with Crippen molar-refractivity contribution in [3.8, 4) is 11.1 Å². The number of hydrogen-bond donors (Lipinski definition) is 0. The van der Waals surface area contributed by atoms with Gasteiger partial charge in [0, 0.05) is 11.8 Å². The summed E-state index contributed by atoms with van der Waals surface area (Å²) in [7, 11) is 0. The van der Waals surface area contributed by atoms with Crippen molar-refractivity contribution in [2.24, 2.45) is 0 Å². The maximum Gasteiger partial charge on any atom is 0.182 e. The molecule has 0 aliphatic heterocycles. The highest BCUT2D eigenvalue weighted by molar-refractivity contribution is 5.66. The highest BCUT2D eigenvalue weighted by Gasteiger charge is 2.07. The zero-order valence-electron chi connectivity index (χ0n) is 10.5. The Balaban J connectivity index is 2.19. The first-order chi connectivity index (χ1) is 8.78. The summed E-state index contributed by atoms with van der Waals surface area (Å²) in [6.45, 7) is 4.20. The molecule has 0 spiro atoms. The van der Waals surface area contributed by atoms with Crippen LogP contribution in [0.2, 0.25) is 0 Å². The molecule has 0 aliphatic rings. The van der Waals surface area contributed by atoms with E-state index >= 15 is 0 Å².